The highest BCUT2D eigenvalue weighted by molar-refractivity contribution is 7.10. The van der Waals surface area contributed by atoms with Gasteiger partial charge in [0, 0.05) is 17.3 Å². The van der Waals surface area contributed by atoms with Crippen LogP contribution in [0.25, 0.3) is 0 Å². The summed E-state index contributed by atoms with van der Waals surface area (Å²) in [5.74, 6) is 0.753. The molecule has 0 aliphatic carbocycles. The van der Waals surface area contributed by atoms with E-state index in [0.29, 0.717) is 0 Å². The summed E-state index contributed by atoms with van der Waals surface area (Å²) in [4.78, 5) is 5.97. The average Bonchev–Trinajstić information content (AvgIpc) is 2.69. The topological polar surface area (TPSA) is 64.4 Å². The van der Waals surface area contributed by atoms with Gasteiger partial charge in [0.05, 0.1) is 5.84 Å². The summed E-state index contributed by atoms with van der Waals surface area (Å²) in [5.41, 5.74) is 11.8. The molecule has 2 rings (SSSR count). The van der Waals surface area contributed by atoms with Crippen molar-refractivity contribution in [3.8, 4) is 0 Å². The van der Waals surface area contributed by atoms with Crippen LogP contribution in [0.4, 0.5) is 0 Å². The van der Waals surface area contributed by atoms with Gasteiger partial charge in [-0.2, -0.15) is 0 Å². The lowest BCUT2D eigenvalue weighted by atomic mass is 9.85. The second kappa shape index (κ2) is 4.55. The Morgan fingerprint density at radius 1 is 1.50 bits per heavy atom. The van der Waals surface area contributed by atoms with E-state index in [1.54, 1.807) is 11.3 Å². The first-order valence-electron chi connectivity index (χ1n) is 5.79. The van der Waals surface area contributed by atoms with Gasteiger partial charge in [-0.15, -0.1) is 11.3 Å². The Hall–Kier alpha value is -0.870. The fourth-order valence-electron chi connectivity index (χ4n) is 2.33. The van der Waals surface area contributed by atoms with Crippen molar-refractivity contribution in [2.24, 2.45) is 16.5 Å². The minimum absolute atomic E-state index is 0.00259. The molecule has 0 fully saturated rings. The zero-order valence-electron chi connectivity index (χ0n) is 9.65. The highest BCUT2D eigenvalue weighted by Crippen LogP contribution is 2.38. The van der Waals surface area contributed by atoms with Gasteiger partial charge in [0.2, 0.25) is 0 Å². The molecule has 3 nitrogen and oxygen atoms in total. The predicted octanol–water partition coefficient (Wildman–Crippen LogP) is 2.22. The van der Waals surface area contributed by atoms with E-state index in [9.17, 15) is 0 Å². The van der Waals surface area contributed by atoms with E-state index in [0.717, 1.165) is 31.5 Å². The number of amidine groups is 1. The largest absolute Gasteiger partial charge is 0.387 e. The second-order valence-electron chi connectivity index (χ2n) is 4.50. The van der Waals surface area contributed by atoms with Crippen LogP contribution in [-0.2, 0) is 5.54 Å². The molecule has 1 aromatic rings. The van der Waals surface area contributed by atoms with Crippen LogP contribution in [0.15, 0.2) is 22.5 Å². The van der Waals surface area contributed by atoms with Crippen molar-refractivity contribution in [1.29, 1.82) is 0 Å². The summed E-state index contributed by atoms with van der Waals surface area (Å²) >= 11 is 1.73. The van der Waals surface area contributed by atoms with Crippen molar-refractivity contribution in [2.75, 3.05) is 0 Å². The van der Waals surface area contributed by atoms with Crippen LogP contribution in [0, 0.1) is 0 Å². The van der Waals surface area contributed by atoms with Gasteiger partial charge < -0.3 is 11.5 Å². The number of hydrogen-bond acceptors (Lipinski definition) is 4. The van der Waals surface area contributed by atoms with E-state index in [1.165, 1.54) is 4.88 Å². The molecule has 0 bridgehead atoms. The van der Waals surface area contributed by atoms with Crippen LogP contribution in [0.1, 0.15) is 37.5 Å². The van der Waals surface area contributed by atoms with Gasteiger partial charge in [0.1, 0.15) is 5.54 Å². The van der Waals surface area contributed by atoms with Crippen LogP contribution >= 0.6 is 11.3 Å². The molecule has 0 saturated carbocycles. The quantitative estimate of drug-likeness (QED) is 0.828. The van der Waals surface area contributed by atoms with Gasteiger partial charge in [-0.05, 0) is 31.2 Å². The summed E-state index contributed by atoms with van der Waals surface area (Å²) in [6, 6.07) is 4.18. The van der Waals surface area contributed by atoms with Crippen molar-refractivity contribution in [3.63, 3.8) is 0 Å². The molecule has 4 heteroatoms. The summed E-state index contributed by atoms with van der Waals surface area (Å²) in [6.07, 6.45) is 4.17. The Balaban J connectivity index is 2.45. The molecule has 0 amide bonds. The molecule has 1 aliphatic rings. The lowest BCUT2D eigenvalue weighted by Gasteiger charge is -2.32. The van der Waals surface area contributed by atoms with Crippen molar-refractivity contribution in [2.45, 2.75) is 44.2 Å². The fourth-order valence-corrected chi connectivity index (χ4v) is 3.32. The molecule has 0 aromatic carbocycles. The molecule has 88 valence electrons. The SMILES string of the molecule is CC(N)C1(c2cccs2)CCCCC(N)=N1. The summed E-state index contributed by atoms with van der Waals surface area (Å²) < 4.78 is 0. The molecule has 1 aromatic heterocycles. The number of nitrogens with two attached hydrogens (primary N) is 2. The van der Waals surface area contributed by atoms with Crippen molar-refractivity contribution in [3.05, 3.63) is 22.4 Å². The van der Waals surface area contributed by atoms with E-state index < -0.39 is 0 Å². The maximum Gasteiger partial charge on any atom is 0.111 e. The van der Waals surface area contributed by atoms with E-state index in [4.69, 9.17) is 16.5 Å². The molecular weight excluding hydrogens is 218 g/mol. The second-order valence-corrected chi connectivity index (χ2v) is 5.45. The number of rotatable bonds is 2. The minimum Gasteiger partial charge on any atom is -0.387 e. The van der Waals surface area contributed by atoms with E-state index in [-0.39, 0.29) is 11.6 Å². The summed E-state index contributed by atoms with van der Waals surface area (Å²) in [5, 5.41) is 2.08. The predicted molar refractivity (Wildman–Crippen MR) is 69.7 cm³/mol. The van der Waals surface area contributed by atoms with E-state index in [1.807, 2.05) is 6.92 Å². The summed E-state index contributed by atoms with van der Waals surface area (Å²) in [6.45, 7) is 2.03. The number of thiophene rings is 1. The Bertz CT molecular complexity index is 370. The lowest BCUT2D eigenvalue weighted by molar-refractivity contribution is 0.349. The number of hydrogen-bond donors (Lipinski definition) is 2. The third kappa shape index (κ3) is 1.99. The van der Waals surface area contributed by atoms with Gasteiger partial charge in [0.15, 0.2) is 0 Å². The van der Waals surface area contributed by atoms with Crippen LogP contribution in [0.3, 0.4) is 0 Å². The molecule has 4 N–H and O–H groups in total. The first-order valence-corrected chi connectivity index (χ1v) is 6.67. The minimum atomic E-state index is -0.283. The maximum absolute atomic E-state index is 6.17. The first kappa shape index (κ1) is 11.6. The van der Waals surface area contributed by atoms with Gasteiger partial charge >= 0.3 is 0 Å². The smallest absolute Gasteiger partial charge is 0.111 e. The average molecular weight is 237 g/mol. The molecule has 2 heterocycles. The Morgan fingerprint density at radius 2 is 2.31 bits per heavy atom. The molecule has 0 saturated heterocycles. The highest BCUT2D eigenvalue weighted by Gasteiger charge is 2.37. The Labute approximate surface area is 101 Å². The van der Waals surface area contributed by atoms with Crippen molar-refractivity contribution in [1.82, 2.24) is 0 Å². The fraction of sp³-hybridized carbons (Fsp3) is 0.583. The molecule has 2 atom stereocenters. The number of aliphatic imine (C=N–C) groups is 1. The van der Waals surface area contributed by atoms with Crippen LogP contribution in [0.5, 0.6) is 0 Å². The monoisotopic (exact) mass is 237 g/mol. The van der Waals surface area contributed by atoms with Crippen LogP contribution < -0.4 is 11.5 Å². The summed E-state index contributed by atoms with van der Waals surface area (Å²) in [7, 11) is 0. The van der Waals surface area contributed by atoms with E-state index >= 15 is 0 Å². The standard InChI is InChI=1S/C12H19N3S/c1-9(13)12(10-5-4-8-16-10)7-3-2-6-11(14)15-12/h4-5,8-9H,2-3,6-7,13H2,1H3,(H2,14,15). The van der Waals surface area contributed by atoms with E-state index in [2.05, 4.69) is 17.5 Å². The molecule has 1 aliphatic heterocycles. The first-order chi connectivity index (χ1) is 7.65. The molecule has 16 heavy (non-hydrogen) atoms. The van der Waals surface area contributed by atoms with Gasteiger partial charge in [-0.25, -0.2) is 0 Å². The van der Waals surface area contributed by atoms with Crippen molar-refractivity contribution < 1.29 is 0 Å². The van der Waals surface area contributed by atoms with Gasteiger partial charge in [0.25, 0.3) is 0 Å². The van der Waals surface area contributed by atoms with Gasteiger partial charge in [-0.1, -0.05) is 12.5 Å². The third-order valence-electron chi connectivity index (χ3n) is 3.29. The van der Waals surface area contributed by atoms with Crippen LogP contribution in [-0.4, -0.2) is 11.9 Å². The number of nitrogens with zero attached hydrogens (tertiary/aromatic N) is 1. The Kier molecular flexibility index (Phi) is 3.30. The normalized spacial score (nSPS) is 28.2. The van der Waals surface area contributed by atoms with Crippen molar-refractivity contribution >= 4 is 17.2 Å². The molecular formula is C12H19N3S. The van der Waals surface area contributed by atoms with Crippen LogP contribution in [0.2, 0.25) is 0 Å². The Morgan fingerprint density at radius 3 is 2.94 bits per heavy atom. The highest BCUT2D eigenvalue weighted by atomic mass is 32.1. The van der Waals surface area contributed by atoms with Gasteiger partial charge in [-0.3, -0.25) is 4.99 Å². The lowest BCUT2D eigenvalue weighted by Crippen LogP contribution is -2.42. The zero-order chi connectivity index (χ0) is 11.6. The zero-order valence-corrected chi connectivity index (χ0v) is 10.5. The third-order valence-corrected chi connectivity index (χ3v) is 4.32. The molecule has 0 radical (unpaired) electrons. The maximum atomic E-state index is 6.17. The molecule has 0 spiro atoms. The molecule has 2 unspecified atom stereocenters.